The molecule has 3 rings (SSSR count). The summed E-state index contributed by atoms with van der Waals surface area (Å²) in [6.45, 7) is 1.07. The topological polar surface area (TPSA) is 113 Å². The Morgan fingerprint density at radius 2 is 2.04 bits per heavy atom. The molecule has 0 aliphatic heterocycles. The highest BCUT2D eigenvalue weighted by Crippen LogP contribution is 2.07. The molecule has 0 unspecified atom stereocenters. The number of nitrogens with zero attached hydrogens (tertiary/aromatic N) is 3. The van der Waals surface area contributed by atoms with Gasteiger partial charge in [-0.2, -0.15) is 0 Å². The second-order valence-electron chi connectivity index (χ2n) is 5.75. The largest absolute Gasteiger partial charge is 0.367 e. The molecule has 2 aromatic heterocycles. The number of rotatable bonds is 8. The van der Waals surface area contributed by atoms with Crippen molar-refractivity contribution in [2.45, 2.75) is 19.3 Å². The summed E-state index contributed by atoms with van der Waals surface area (Å²) in [7, 11) is 0. The molecule has 0 radical (unpaired) electrons. The predicted octanol–water partition coefficient (Wildman–Crippen LogP) is 1.26. The first kappa shape index (κ1) is 17.5. The van der Waals surface area contributed by atoms with Crippen LogP contribution in [0, 0.1) is 0 Å². The lowest BCUT2D eigenvalue weighted by Crippen LogP contribution is -2.28. The van der Waals surface area contributed by atoms with Crippen LogP contribution in [-0.4, -0.2) is 38.9 Å². The van der Waals surface area contributed by atoms with Gasteiger partial charge in [-0.1, -0.05) is 12.1 Å². The van der Waals surface area contributed by atoms with Gasteiger partial charge >= 0.3 is 0 Å². The number of hydrogen-bond donors (Lipinski definition) is 3. The van der Waals surface area contributed by atoms with Gasteiger partial charge < -0.3 is 15.6 Å². The second-order valence-corrected chi connectivity index (χ2v) is 5.75. The average Bonchev–Trinajstić information content (AvgIpc) is 2.66. The highest BCUT2D eigenvalue weighted by atomic mass is 16.1. The summed E-state index contributed by atoms with van der Waals surface area (Å²) in [5, 5.41) is 6.48. The van der Waals surface area contributed by atoms with Gasteiger partial charge in [0, 0.05) is 38.3 Å². The SMILES string of the molecule is O=C(CCCc1nc2ccccc2c(=O)[nH]1)NCCNc1cnccn1. The third-order valence-corrected chi connectivity index (χ3v) is 3.80. The van der Waals surface area contributed by atoms with Crippen LogP contribution in [0.25, 0.3) is 10.9 Å². The number of aromatic nitrogens is 4. The lowest BCUT2D eigenvalue weighted by atomic mass is 10.2. The number of aromatic amines is 1. The lowest BCUT2D eigenvalue weighted by molar-refractivity contribution is -0.121. The van der Waals surface area contributed by atoms with E-state index in [1.165, 1.54) is 0 Å². The Morgan fingerprint density at radius 3 is 2.88 bits per heavy atom. The molecule has 0 spiro atoms. The Labute approximate surface area is 150 Å². The fourth-order valence-corrected chi connectivity index (χ4v) is 2.54. The number of nitrogens with one attached hydrogen (secondary N) is 3. The van der Waals surface area contributed by atoms with Gasteiger partial charge in [-0.05, 0) is 18.6 Å². The van der Waals surface area contributed by atoms with Crippen LogP contribution < -0.4 is 16.2 Å². The monoisotopic (exact) mass is 352 g/mol. The fraction of sp³-hybridized carbons (Fsp3) is 0.278. The van der Waals surface area contributed by atoms with E-state index < -0.39 is 0 Å². The van der Waals surface area contributed by atoms with Crippen molar-refractivity contribution >= 4 is 22.6 Å². The van der Waals surface area contributed by atoms with Crippen molar-refractivity contribution in [1.82, 2.24) is 25.3 Å². The molecule has 0 saturated carbocycles. The van der Waals surface area contributed by atoms with Gasteiger partial charge in [0.25, 0.3) is 5.56 Å². The van der Waals surface area contributed by atoms with Crippen molar-refractivity contribution in [3.05, 3.63) is 59.0 Å². The van der Waals surface area contributed by atoms with Crippen LogP contribution in [0.5, 0.6) is 0 Å². The number of fused-ring (bicyclic) bond motifs is 1. The first-order valence-electron chi connectivity index (χ1n) is 8.47. The molecule has 2 heterocycles. The zero-order chi connectivity index (χ0) is 18.2. The van der Waals surface area contributed by atoms with Gasteiger partial charge in [-0.3, -0.25) is 14.6 Å². The minimum absolute atomic E-state index is 0.0333. The number of anilines is 1. The van der Waals surface area contributed by atoms with Crippen LogP contribution >= 0.6 is 0 Å². The summed E-state index contributed by atoms with van der Waals surface area (Å²) >= 11 is 0. The smallest absolute Gasteiger partial charge is 0.258 e. The Balaban J connectivity index is 1.39. The summed E-state index contributed by atoms with van der Waals surface area (Å²) < 4.78 is 0. The van der Waals surface area contributed by atoms with E-state index in [-0.39, 0.29) is 11.5 Å². The van der Waals surface area contributed by atoms with E-state index in [9.17, 15) is 9.59 Å². The minimum Gasteiger partial charge on any atom is -0.367 e. The molecule has 3 aromatic rings. The average molecular weight is 352 g/mol. The number of H-pyrrole nitrogens is 1. The standard InChI is InChI=1S/C18H20N6O2/c25-17(22-11-10-21-16-12-19-8-9-20-16)7-3-6-15-23-14-5-2-1-4-13(14)18(26)24-15/h1-2,4-5,8-9,12H,3,6-7,10-11H2,(H,20,21)(H,22,25)(H,23,24,26). The molecule has 0 saturated heterocycles. The van der Waals surface area contributed by atoms with Crippen LogP contribution in [0.4, 0.5) is 5.82 Å². The summed E-state index contributed by atoms with van der Waals surface area (Å²) in [6, 6.07) is 7.21. The predicted molar refractivity (Wildman–Crippen MR) is 98.8 cm³/mol. The van der Waals surface area contributed by atoms with E-state index in [4.69, 9.17) is 0 Å². The Hall–Kier alpha value is -3.29. The van der Waals surface area contributed by atoms with E-state index in [0.29, 0.717) is 54.9 Å². The maximum Gasteiger partial charge on any atom is 0.258 e. The number of carbonyl (C=O) groups excluding carboxylic acids is 1. The molecule has 134 valence electrons. The highest BCUT2D eigenvalue weighted by Gasteiger charge is 2.05. The number of benzene rings is 1. The molecule has 0 atom stereocenters. The lowest BCUT2D eigenvalue weighted by Gasteiger charge is -2.07. The molecule has 1 amide bonds. The van der Waals surface area contributed by atoms with Crippen molar-refractivity contribution in [1.29, 1.82) is 0 Å². The summed E-state index contributed by atoms with van der Waals surface area (Å²) in [4.78, 5) is 39.1. The first-order chi connectivity index (χ1) is 12.7. The number of amides is 1. The van der Waals surface area contributed by atoms with E-state index in [1.807, 2.05) is 18.2 Å². The fourth-order valence-electron chi connectivity index (χ4n) is 2.54. The summed E-state index contributed by atoms with van der Waals surface area (Å²) in [5.41, 5.74) is 0.524. The molecule has 8 nitrogen and oxygen atoms in total. The third-order valence-electron chi connectivity index (χ3n) is 3.80. The van der Waals surface area contributed by atoms with Crippen LogP contribution in [0.15, 0.2) is 47.7 Å². The zero-order valence-electron chi connectivity index (χ0n) is 14.2. The van der Waals surface area contributed by atoms with Crippen molar-refractivity contribution in [3.8, 4) is 0 Å². The summed E-state index contributed by atoms with van der Waals surface area (Å²) in [5.74, 6) is 1.24. The molecular weight excluding hydrogens is 332 g/mol. The minimum atomic E-state index is -0.148. The molecule has 8 heteroatoms. The van der Waals surface area contributed by atoms with E-state index in [2.05, 4.69) is 30.6 Å². The molecule has 26 heavy (non-hydrogen) atoms. The van der Waals surface area contributed by atoms with Crippen molar-refractivity contribution in [3.63, 3.8) is 0 Å². The van der Waals surface area contributed by atoms with Gasteiger partial charge in [0.2, 0.25) is 5.91 Å². The van der Waals surface area contributed by atoms with E-state index in [0.717, 1.165) is 0 Å². The highest BCUT2D eigenvalue weighted by molar-refractivity contribution is 5.77. The van der Waals surface area contributed by atoms with Crippen LogP contribution in [0.2, 0.25) is 0 Å². The first-order valence-corrected chi connectivity index (χ1v) is 8.47. The second kappa shape index (κ2) is 8.70. The molecule has 0 aliphatic rings. The number of para-hydroxylation sites is 1. The van der Waals surface area contributed by atoms with Crippen molar-refractivity contribution in [2.24, 2.45) is 0 Å². The van der Waals surface area contributed by atoms with Gasteiger partial charge in [0.15, 0.2) is 0 Å². The molecule has 3 N–H and O–H groups in total. The maximum absolute atomic E-state index is 12.0. The van der Waals surface area contributed by atoms with Crippen LogP contribution in [-0.2, 0) is 11.2 Å². The zero-order valence-corrected chi connectivity index (χ0v) is 14.2. The van der Waals surface area contributed by atoms with Gasteiger partial charge in [0.1, 0.15) is 11.6 Å². The molecule has 0 bridgehead atoms. The normalized spacial score (nSPS) is 10.6. The van der Waals surface area contributed by atoms with E-state index in [1.54, 1.807) is 24.7 Å². The number of aryl methyl sites for hydroxylation is 1. The molecule has 0 fully saturated rings. The van der Waals surface area contributed by atoms with E-state index >= 15 is 0 Å². The Bertz CT molecular complexity index is 926. The quantitative estimate of drug-likeness (QED) is 0.526. The van der Waals surface area contributed by atoms with Crippen LogP contribution in [0.1, 0.15) is 18.7 Å². The van der Waals surface area contributed by atoms with Gasteiger partial charge in [-0.15, -0.1) is 0 Å². The van der Waals surface area contributed by atoms with Crippen molar-refractivity contribution < 1.29 is 4.79 Å². The molecule has 1 aromatic carbocycles. The van der Waals surface area contributed by atoms with Crippen molar-refractivity contribution in [2.75, 3.05) is 18.4 Å². The maximum atomic E-state index is 12.0. The molecule has 0 aliphatic carbocycles. The third kappa shape index (κ3) is 4.85. The Kier molecular flexibility index (Phi) is 5.87. The Morgan fingerprint density at radius 1 is 1.15 bits per heavy atom. The number of hydrogen-bond acceptors (Lipinski definition) is 6. The number of carbonyl (C=O) groups is 1. The van der Waals surface area contributed by atoms with Crippen LogP contribution in [0.3, 0.4) is 0 Å². The molecular formula is C18H20N6O2. The van der Waals surface area contributed by atoms with Gasteiger partial charge in [0.05, 0.1) is 17.1 Å². The summed E-state index contributed by atoms with van der Waals surface area (Å²) in [6.07, 6.45) is 6.37. The van der Waals surface area contributed by atoms with Gasteiger partial charge in [-0.25, -0.2) is 9.97 Å².